The molecule has 0 saturated heterocycles. The molecule has 142 valence electrons. The highest BCUT2D eigenvalue weighted by molar-refractivity contribution is 6.30. The van der Waals surface area contributed by atoms with Gasteiger partial charge in [-0.2, -0.15) is 5.10 Å². The fourth-order valence-electron chi connectivity index (χ4n) is 3.54. The Balaban J connectivity index is 1.66. The summed E-state index contributed by atoms with van der Waals surface area (Å²) in [6.45, 7) is 2.36. The summed E-state index contributed by atoms with van der Waals surface area (Å²) in [5, 5.41) is 13.9. The second-order valence-electron chi connectivity index (χ2n) is 6.87. The maximum Gasteiger partial charge on any atom is 0.280 e. The second-order valence-corrected chi connectivity index (χ2v) is 7.31. The lowest BCUT2D eigenvalue weighted by molar-refractivity contribution is 0.760. The topological polar surface area (TPSA) is 65.1 Å². The zero-order valence-electron chi connectivity index (χ0n) is 15.6. The van der Waals surface area contributed by atoms with E-state index in [1.54, 1.807) is 15.3 Å². The SMILES string of the molecule is Cc1nn2c(nnc3c(=O)n(Cc4ccc(Cl)cc4)ccc32)c1-c1ccccc1. The third-order valence-electron chi connectivity index (χ3n) is 4.96. The van der Waals surface area contributed by atoms with Crippen LogP contribution in [0.1, 0.15) is 11.3 Å². The van der Waals surface area contributed by atoms with E-state index in [9.17, 15) is 4.79 Å². The van der Waals surface area contributed by atoms with Crippen LogP contribution in [-0.4, -0.2) is 24.4 Å². The molecule has 0 unspecified atom stereocenters. The molecule has 0 saturated carbocycles. The summed E-state index contributed by atoms with van der Waals surface area (Å²) < 4.78 is 3.31. The van der Waals surface area contributed by atoms with Gasteiger partial charge in [-0.3, -0.25) is 4.79 Å². The fraction of sp³-hybridized carbons (Fsp3) is 0.0909. The van der Waals surface area contributed by atoms with Crippen LogP contribution in [-0.2, 0) is 6.54 Å². The minimum atomic E-state index is -0.207. The van der Waals surface area contributed by atoms with Crippen LogP contribution in [0.5, 0.6) is 0 Å². The van der Waals surface area contributed by atoms with Crippen molar-refractivity contribution in [3.63, 3.8) is 0 Å². The van der Waals surface area contributed by atoms with E-state index >= 15 is 0 Å². The van der Waals surface area contributed by atoms with Gasteiger partial charge in [-0.15, -0.1) is 10.2 Å². The lowest BCUT2D eigenvalue weighted by Gasteiger charge is -2.08. The molecular weight excluding hydrogens is 386 g/mol. The molecule has 0 aliphatic heterocycles. The zero-order valence-corrected chi connectivity index (χ0v) is 16.3. The summed E-state index contributed by atoms with van der Waals surface area (Å²) in [6.07, 6.45) is 1.76. The number of aromatic nitrogens is 5. The summed E-state index contributed by atoms with van der Waals surface area (Å²) in [7, 11) is 0. The summed E-state index contributed by atoms with van der Waals surface area (Å²) in [5.74, 6) is 0. The number of benzene rings is 2. The Kier molecular flexibility index (Phi) is 4.14. The number of hydrogen-bond donors (Lipinski definition) is 0. The van der Waals surface area contributed by atoms with Gasteiger partial charge in [0.25, 0.3) is 5.56 Å². The van der Waals surface area contributed by atoms with Crippen molar-refractivity contribution < 1.29 is 0 Å². The van der Waals surface area contributed by atoms with Gasteiger partial charge >= 0.3 is 0 Å². The predicted molar refractivity (Wildman–Crippen MR) is 113 cm³/mol. The Morgan fingerprint density at radius 3 is 2.48 bits per heavy atom. The number of rotatable bonds is 3. The molecule has 0 radical (unpaired) electrons. The summed E-state index contributed by atoms with van der Waals surface area (Å²) in [4.78, 5) is 13.0. The minimum Gasteiger partial charge on any atom is -0.309 e. The quantitative estimate of drug-likeness (QED) is 0.456. The van der Waals surface area contributed by atoms with E-state index in [4.69, 9.17) is 11.6 Å². The number of fused-ring (bicyclic) bond motifs is 3. The lowest BCUT2D eigenvalue weighted by Crippen LogP contribution is -2.22. The van der Waals surface area contributed by atoms with E-state index in [-0.39, 0.29) is 11.1 Å². The van der Waals surface area contributed by atoms with E-state index < -0.39 is 0 Å². The first-order chi connectivity index (χ1) is 14.1. The predicted octanol–water partition coefficient (Wildman–Crippen LogP) is 4.12. The molecule has 0 atom stereocenters. The fourth-order valence-corrected chi connectivity index (χ4v) is 3.67. The molecule has 3 heterocycles. The largest absolute Gasteiger partial charge is 0.309 e. The van der Waals surface area contributed by atoms with Crippen molar-refractivity contribution in [3.05, 3.63) is 93.5 Å². The van der Waals surface area contributed by atoms with Crippen molar-refractivity contribution in [2.75, 3.05) is 0 Å². The van der Waals surface area contributed by atoms with Crippen LogP contribution in [0.3, 0.4) is 0 Å². The first-order valence-corrected chi connectivity index (χ1v) is 9.54. The number of pyridine rings is 1. The Morgan fingerprint density at radius 1 is 0.966 bits per heavy atom. The first kappa shape index (κ1) is 17.6. The second kappa shape index (κ2) is 6.83. The Bertz CT molecular complexity index is 1410. The minimum absolute atomic E-state index is 0.207. The summed E-state index contributed by atoms with van der Waals surface area (Å²) in [5.41, 5.74) is 5.11. The molecule has 7 heteroatoms. The molecule has 0 N–H and O–H groups in total. The van der Waals surface area contributed by atoms with E-state index in [1.807, 2.05) is 67.6 Å². The summed E-state index contributed by atoms with van der Waals surface area (Å²) >= 11 is 5.94. The number of hydrogen-bond acceptors (Lipinski definition) is 4. The van der Waals surface area contributed by atoms with Crippen LogP contribution in [0.2, 0.25) is 5.02 Å². The zero-order chi connectivity index (χ0) is 20.0. The number of nitrogens with zero attached hydrogens (tertiary/aromatic N) is 5. The van der Waals surface area contributed by atoms with Gasteiger partial charge in [-0.1, -0.05) is 54.1 Å². The van der Waals surface area contributed by atoms with E-state index in [0.717, 1.165) is 22.4 Å². The maximum atomic E-state index is 13.0. The highest BCUT2D eigenvalue weighted by Gasteiger charge is 2.17. The molecule has 0 amide bonds. The molecule has 2 aromatic carbocycles. The number of aryl methyl sites for hydroxylation is 1. The van der Waals surface area contributed by atoms with E-state index in [1.165, 1.54) is 0 Å². The molecule has 0 aliphatic rings. The Labute approximate surface area is 171 Å². The van der Waals surface area contributed by atoms with Gasteiger partial charge in [0.15, 0.2) is 11.2 Å². The smallest absolute Gasteiger partial charge is 0.280 e. The number of halogens is 1. The van der Waals surface area contributed by atoms with Gasteiger partial charge in [0.2, 0.25) is 0 Å². The Hall–Kier alpha value is -3.51. The average Bonchev–Trinajstić information content (AvgIpc) is 3.08. The van der Waals surface area contributed by atoms with E-state index in [2.05, 4.69) is 15.3 Å². The van der Waals surface area contributed by atoms with Crippen molar-refractivity contribution in [1.82, 2.24) is 24.4 Å². The van der Waals surface area contributed by atoms with Crippen molar-refractivity contribution in [3.8, 4) is 11.1 Å². The average molecular weight is 402 g/mol. The van der Waals surface area contributed by atoms with Crippen LogP contribution < -0.4 is 5.56 Å². The molecule has 6 nitrogen and oxygen atoms in total. The molecule has 0 spiro atoms. The standard InChI is InChI=1S/C22H16ClN5O/c1-14-19(16-5-3-2-4-6-16)21-25-24-20-18(28(21)26-14)11-12-27(22(20)29)13-15-7-9-17(23)10-8-15/h2-12H,13H2,1H3. The molecule has 0 aliphatic carbocycles. The van der Waals surface area contributed by atoms with Crippen molar-refractivity contribution in [2.24, 2.45) is 0 Å². The van der Waals surface area contributed by atoms with Crippen LogP contribution in [0.15, 0.2) is 71.7 Å². The molecular formula is C22H16ClN5O. The van der Waals surface area contributed by atoms with Gasteiger partial charge in [-0.25, -0.2) is 4.52 Å². The van der Waals surface area contributed by atoms with Gasteiger partial charge in [0.05, 0.1) is 17.8 Å². The molecule has 29 heavy (non-hydrogen) atoms. The third kappa shape index (κ3) is 2.98. The van der Waals surface area contributed by atoms with Crippen LogP contribution in [0, 0.1) is 6.92 Å². The molecule has 3 aromatic heterocycles. The highest BCUT2D eigenvalue weighted by atomic mass is 35.5. The first-order valence-electron chi connectivity index (χ1n) is 9.17. The third-order valence-corrected chi connectivity index (χ3v) is 5.21. The van der Waals surface area contributed by atoms with E-state index in [0.29, 0.717) is 22.7 Å². The van der Waals surface area contributed by atoms with Crippen molar-refractivity contribution in [2.45, 2.75) is 13.5 Å². The normalized spacial score (nSPS) is 11.4. The van der Waals surface area contributed by atoms with Crippen molar-refractivity contribution >= 4 is 28.3 Å². The van der Waals surface area contributed by atoms with Crippen LogP contribution >= 0.6 is 11.6 Å². The molecule has 5 aromatic rings. The van der Waals surface area contributed by atoms with Crippen molar-refractivity contribution in [1.29, 1.82) is 0 Å². The van der Waals surface area contributed by atoms with Gasteiger partial charge in [0.1, 0.15) is 5.52 Å². The highest BCUT2D eigenvalue weighted by Crippen LogP contribution is 2.27. The monoisotopic (exact) mass is 401 g/mol. The Morgan fingerprint density at radius 2 is 1.72 bits per heavy atom. The summed E-state index contributed by atoms with van der Waals surface area (Å²) in [6, 6.07) is 19.2. The van der Waals surface area contributed by atoms with Gasteiger partial charge < -0.3 is 4.57 Å². The molecule has 0 bridgehead atoms. The van der Waals surface area contributed by atoms with Crippen LogP contribution in [0.4, 0.5) is 0 Å². The molecule has 0 fully saturated rings. The molecule has 5 rings (SSSR count). The van der Waals surface area contributed by atoms with Gasteiger partial charge in [0, 0.05) is 11.2 Å². The van der Waals surface area contributed by atoms with Crippen LogP contribution in [0.25, 0.3) is 27.8 Å². The maximum absolute atomic E-state index is 13.0. The van der Waals surface area contributed by atoms with Gasteiger partial charge in [-0.05, 0) is 36.2 Å². The lowest BCUT2D eigenvalue weighted by atomic mass is 10.1.